The molecule has 15 heavy (non-hydrogen) atoms. The van der Waals surface area contributed by atoms with Crippen LogP contribution in [0.2, 0.25) is 0 Å². The molecule has 0 fully saturated rings. The van der Waals surface area contributed by atoms with Gasteiger partial charge in [0.15, 0.2) is 6.10 Å². The highest BCUT2D eigenvalue weighted by molar-refractivity contribution is 6.46. The van der Waals surface area contributed by atoms with Crippen LogP contribution in [-0.4, -0.2) is 11.5 Å². The van der Waals surface area contributed by atoms with Crippen LogP contribution in [0.1, 0.15) is 18.1 Å². The second kappa shape index (κ2) is 3.97. The van der Waals surface area contributed by atoms with E-state index in [1.807, 2.05) is 36.3 Å². The summed E-state index contributed by atoms with van der Waals surface area (Å²) in [5.41, 5.74) is 1.33. The summed E-state index contributed by atoms with van der Waals surface area (Å²) in [6.45, 7) is 0. The number of hydrogen-bond donors (Lipinski definition) is 0. The highest BCUT2D eigenvalue weighted by Gasteiger charge is 2.25. The van der Waals surface area contributed by atoms with Crippen LogP contribution in [0.25, 0.3) is 0 Å². The highest BCUT2D eigenvalue weighted by atomic mass is 16.6. The fourth-order valence-electron chi connectivity index (χ4n) is 1.44. The van der Waals surface area contributed by atoms with Crippen LogP contribution < -0.4 is 0 Å². The van der Waals surface area contributed by atoms with Crippen molar-refractivity contribution in [1.82, 2.24) is 0 Å². The molecule has 1 aliphatic heterocycles. The number of Topliss-reactive ketones (excluding diaryl/α,β-unsaturated/α-hetero) is 1. The number of oxime groups is 1. The van der Waals surface area contributed by atoms with Gasteiger partial charge in [0.05, 0.1) is 0 Å². The maximum absolute atomic E-state index is 11.1. The minimum Gasteiger partial charge on any atom is -0.387 e. The molecule has 1 aromatic carbocycles. The Labute approximate surface area is 87.7 Å². The molecule has 0 bridgehead atoms. The Morgan fingerprint density at radius 1 is 1.47 bits per heavy atom. The minimum absolute atomic E-state index is 0.182. The monoisotopic (exact) mass is 199 g/mol. The fourth-order valence-corrected chi connectivity index (χ4v) is 1.44. The molecule has 0 amide bonds. The van der Waals surface area contributed by atoms with Crippen LogP contribution in [0.4, 0.5) is 0 Å². The van der Waals surface area contributed by atoms with E-state index in [0.29, 0.717) is 12.1 Å². The van der Waals surface area contributed by atoms with Crippen molar-refractivity contribution in [2.45, 2.75) is 12.5 Å². The molecule has 3 nitrogen and oxygen atoms in total. The second-order valence-electron chi connectivity index (χ2n) is 3.22. The SMILES string of the molecule is C#CC(=O)C1=NOC(c2ccccc2)C1. The first kappa shape index (κ1) is 9.47. The zero-order valence-electron chi connectivity index (χ0n) is 8.01. The summed E-state index contributed by atoms with van der Waals surface area (Å²) in [6, 6.07) is 9.62. The van der Waals surface area contributed by atoms with E-state index in [0.717, 1.165) is 5.56 Å². The van der Waals surface area contributed by atoms with Crippen LogP contribution in [-0.2, 0) is 9.63 Å². The van der Waals surface area contributed by atoms with E-state index < -0.39 is 5.78 Å². The molecular formula is C12H9NO2. The lowest BCUT2D eigenvalue weighted by atomic mass is 10.0. The Hall–Kier alpha value is -2.08. The van der Waals surface area contributed by atoms with E-state index in [-0.39, 0.29) is 6.10 Å². The first-order valence-electron chi connectivity index (χ1n) is 4.60. The van der Waals surface area contributed by atoms with Gasteiger partial charge in [-0.15, -0.1) is 6.42 Å². The molecular weight excluding hydrogens is 190 g/mol. The molecule has 1 atom stereocenters. The number of carbonyl (C=O) groups is 1. The number of ketones is 1. The molecule has 0 saturated carbocycles. The van der Waals surface area contributed by atoms with Crippen molar-refractivity contribution in [3.63, 3.8) is 0 Å². The van der Waals surface area contributed by atoms with Gasteiger partial charge in [-0.2, -0.15) is 0 Å². The van der Waals surface area contributed by atoms with E-state index in [4.69, 9.17) is 11.3 Å². The standard InChI is InChI=1S/C12H9NO2/c1-2-11(14)10-8-12(15-13-10)9-6-4-3-5-7-9/h1,3-7,12H,8H2. The number of rotatable bonds is 2. The Morgan fingerprint density at radius 2 is 2.20 bits per heavy atom. The van der Waals surface area contributed by atoms with Crippen molar-refractivity contribution >= 4 is 11.5 Å². The summed E-state index contributed by atoms with van der Waals surface area (Å²) in [5, 5.41) is 3.69. The summed E-state index contributed by atoms with van der Waals surface area (Å²) in [6.07, 6.45) is 5.27. The predicted octanol–water partition coefficient (Wildman–Crippen LogP) is 1.71. The van der Waals surface area contributed by atoms with E-state index in [1.165, 1.54) is 0 Å². The topological polar surface area (TPSA) is 38.7 Å². The lowest BCUT2D eigenvalue weighted by Crippen LogP contribution is -2.09. The summed E-state index contributed by atoms with van der Waals surface area (Å²) in [5.74, 6) is 1.63. The molecule has 0 saturated heterocycles. The third-order valence-corrected chi connectivity index (χ3v) is 2.23. The van der Waals surface area contributed by atoms with Gasteiger partial charge in [0.2, 0.25) is 0 Å². The maximum atomic E-state index is 11.1. The van der Waals surface area contributed by atoms with Crippen molar-refractivity contribution in [3.05, 3.63) is 35.9 Å². The Kier molecular flexibility index (Phi) is 2.51. The molecule has 0 aromatic heterocycles. The lowest BCUT2D eigenvalue weighted by molar-refractivity contribution is -0.108. The maximum Gasteiger partial charge on any atom is 0.253 e. The van der Waals surface area contributed by atoms with Crippen molar-refractivity contribution in [3.8, 4) is 12.3 Å². The van der Waals surface area contributed by atoms with Gasteiger partial charge in [-0.25, -0.2) is 0 Å². The Bertz CT molecular complexity index is 442. The third-order valence-electron chi connectivity index (χ3n) is 2.23. The molecule has 0 radical (unpaired) electrons. The smallest absolute Gasteiger partial charge is 0.253 e. The van der Waals surface area contributed by atoms with Crippen LogP contribution >= 0.6 is 0 Å². The minimum atomic E-state index is -0.395. The number of hydrogen-bond acceptors (Lipinski definition) is 3. The molecule has 0 spiro atoms. The van der Waals surface area contributed by atoms with Crippen LogP contribution in [0.15, 0.2) is 35.5 Å². The van der Waals surface area contributed by atoms with E-state index in [1.54, 1.807) is 0 Å². The number of carbonyl (C=O) groups excluding carboxylic acids is 1. The van der Waals surface area contributed by atoms with Crippen molar-refractivity contribution in [2.24, 2.45) is 5.16 Å². The summed E-state index contributed by atoms with van der Waals surface area (Å²) < 4.78 is 0. The first-order valence-corrected chi connectivity index (χ1v) is 4.60. The zero-order valence-corrected chi connectivity index (χ0v) is 8.01. The van der Waals surface area contributed by atoms with E-state index in [9.17, 15) is 4.79 Å². The van der Waals surface area contributed by atoms with Gasteiger partial charge in [-0.05, 0) is 11.5 Å². The predicted molar refractivity (Wildman–Crippen MR) is 56.2 cm³/mol. The second-order valence-corrected chi connectivity index (χ2v) is 3.22. The average Bonchev–Trinajstić information content (AvgIpc) is 2.78. The van der Waals surface area contributed by atoms with Crippen LogP contribution in [0, 0.1) is 12.3 Å². The van der Waals surface area contributed by atoms with Gasteiger partial charge in [0, 0.05) is 6.42 Å². The zero-order chi connectivity index (χ0) is 10.7. The van der Waals surface area contributed by atoms with Gasteiger partial charge in [-0.3, -0.25) is 4.79 Å². The molecule has 2 rings (SSSR count). The molecule has 3 heteroatoms. The summed E-state index contributed by atoms with van der Waals surface area (Å²) in [7, 11) is 0. The lowest BCUT2D eigenvalue weighted by Gasteiger charge is -2.06. The van der Waals surface area contributed by atoms with Gasteiger partial charge in [-0.1, -0.05) is 35.5 Å². The number of nitrogens with zero attached hydrogens (tertiary/aromatic N) is 1. The number of terminal acetylenes is 1. The Morgan fingerprint density at radius 3 is 2.87 bits per heavy atom. The molecule has 1 aromatic rings. The Balaban J connectivity index is 2.09. The fraction of sp³-hybridized carbons (Fsp3) is 0.167. The number of benzene rings is 1. The van der Waals surface area contributed by atoms with Crippen molar-refractivity contribution in [2.75, 3.05) is 0 Å². The quantitative estimate of drug-likeness (QED) is 0.537. The van der Waals surface area contributed by atoms with E-state index >= 15 is 0 Å². The summed E-state index contributed by atoms with van der Waals surface area (Å²) >= 11 is 0. The molecule has 1 unspecified atom stereocenters. The molecule has 1 heterocycles. The van der Waals surface area contributed by atoms with E-state index in [2.05, 4.69) is 5.16 Å². The summed E-state index contributed by atoms with van der Waals surface area (Å²) in [4.78, 5) is 16.3. The average molecular weight is 199 g/mol. The third kappa shape index (κ3) is 1.89. The largest absolute Gasteiger partial charge is 0.387 e. The van der Waals surface area contributed by atoms with Crippen LogP contribution in [0.3, 0.4) is 0 Å². The van der Waals surface area contributed by atoms with Gasteiger partial charge < -0.3 is 4.84 Å². The molecule has 74 valence electrons. The van der Waals surface area contributed by atoms with Crippen LogP contribution in [0.5, 0.6) is 0 Å². The molecule has 0 aliphatic carbocycles. The van der Waals surface area contributed by atoms with Crippen molar-refractivity contribution in [1.29, 1.82) is 0 Å². The van der Waals surface area contributed by atoms with Gasteiger partial charge in [0.25, 0.3) is 5.78 Å². The van der Waals surface area contributed by atoms with Gasteiger partial charge >= 0.3 is 0 Å². The first-order chi connectivity index (χ1) is 7.31. The van der Waals surface area contributed by atoms with Crippen molar-refractivity contribution < 1.29 is 9.63 Å². The molecule has 1 aliphatic rings. The van der Waals surface area contributed by atoms with Gasteiger partial charge in [0.1, 0.15) is 5.71 Å². The normalized spacial score (nSPS) is 18.9. The molecule has 0 N–H and O–H groups in total. The highest BCUT2D eigenvalue weighted by Crippen LogP contribution is 2.26.